The minimum atomic E-state index is -0.794. The molecule has 1 atom stereocenters. The number of aryl methyl sites for hydroxylation is 1. The second kappa shape index (κ2) is 19.1. The molecule has 0 radical (unpaired) electrons. The van der Waals surface area contributed by atoms with E-state index in [1.54, 1.807) is 28.1 Å². The third-order valence-electron chi connectivity index (χ3n) is 13.3. The van der Waals surface area contributed by atoms with Crippen molar-refractivity contribution in [3.63, 3.8) is 0 Å². The molecule has 1 unspecified atom stereocenters. The first-order valence-corrected chi connectivity index (χ1v) is 23.6. The van der Waals surface area contributed by atoms with Crippen molar-refractivity contribution >= 4 is 90.3 Å². The maximum Gasteiger partial charge on any atom is 0.319 e. The van der Waals surface area contributed by atoms with Crippen molar-refractivity contribution < 1.29 is 27.5 Å². The second-order valence-electron chi connectivity index (χ2n) is 17.8. The first-order valence-electron chi connectivity index (χ1n) is 22.8. The summed E-state index contributed by atoms with van der Waals surface area (Å²) >= 11 is 13.7. The average Bonchev–Trinajstić information content (AvgIpc) is 4.05. The lowest BCUT2D eigenvalue weighted by molar-refractivity contribution is -0.128. The van der Waals surface area contributed by atoms with Crippen molar-refractivity contribution in [1.29, 1.82) is 0 Å². The minimum absolute atomic E-state index is 0.0167. The summed E-state index contributed by atoms with van der Waals surface area (Å²) in [7, 11) is 1.82. The number of carbonyl (C=O) groups is 2. The first-order chi connectivity index (χ1) is 34.2. The number of rotatable bonds is 12. The third-order valence-corrected chi connectivity index (χ3v) is 13.9. The number of aromatic nitrogens is 8. The quantitative estimate of drug-likeness (QED) is 0.113. The van der Waals surface area contributed by atoms with Gasteiger partial charge in [-0.1, -0.05) is 42.4 Å². The van der Waals surface area contributed by atoms with Gasteiger partial charge in [0.15, 0.2) is 11.6 Å². The van der Waals surface area contributed by atoms with Gasteiger partial charge < -0.3 is 24.3 Å². The van der Waals surface area contributed by atoms with Gasteiger partial charge in [0.2, 0.25) is 5.91 Å². The van der Waals surface area contributed by atoms with E-state index in [0.717, 1.165) is 11.1 Å². The highest BCUT2D eigenvalue weighted by atomic mass is 35.5. The van der Waals surface area contributed by atoms with Crippen LogP contribution in [0.4, 0.5) is 24.8 Å². The molecule has 0 saturated carbocycles. The Labute approximate surface area is 414 Å². The van der Waals surface area contributed by atoms with Crippen LogP contribution in [0.15, 0.2) is 79.9 Å². The Morgan fingerprint density at radius 3 is 2.30 bits per heavy atom. The fraction of sp³-hybridized carbons (Fsp3) is 0.280. The largest absolute Gasteiger partial charge is 0.462 e. The summed E-state index contributed by atoms with van der Waals surface area (Å²) < 4.78 is 54.9. The molecule has 2 amide bonds. The molecule has 4 aromatic carbocycles. The van der Waals surface area contributed by atoms with Gasteiger partial charge in [-0.2, -0.15) is 20.2 Å². The maximum atomic E-state index is 17.1. The Balaban J connectivity index is 0.819. The predicted octanol–water partition coefficient (Wildman–Crippen LogP) is 8.13. The molecule has 2 aliphatic heterocycles. The predicted molar refractivity (Wildman–Crippen MR) is 268 cm³/mol. The average molecular weight is 1000 g/mol. The number of carbonyl (C=O) groups excluding carboxylic acids is 2. The van der Waals surface area contributed by atoms with Crippen LogP contribution in [0.1, 0.15) is 12.5 Å². The number of hydrogen-bond donors (Lipinski definition) is 2. The van der Waals surface area contributed by atoms with E-state index in [1.165, 1.54) is 30.7 Å². The molecule has 2 fully saturated rings. The lowest BCUT2D eigenvalue weighted by atomic mass is 9.95. The van der Waals surface area contributed by atoms with Crippen LogP contribution in [-0.2, 0) is 9.59 Å². The van der Waals surface area contributed by atoms with Gasteiger partial charge in [0.1, 0.15) is 41.4 Å². The molecule has 21 heteroatoms. The number of likely N-dealkylation sites (N-methyl/N-ethyl adjacent to an activating group) is 1. The summed E-state index contributed by atoms with van der Waals surface area (Å²) in [6, 6.07) is 9.48. The number of halogens is 5. The lowest BCUT2D eigenvalue weighted by Crippen LogP contribution is -2.54. The van der Waals surface area contributed by atoms with Crippen molar-refractivity contribution in [2.24, 2.45) is 0 Å². The van der Waals surface area contributed by atoms with Crippen LogP contribution in [0.2, 0.25) is 10.0 Å². The number of piperazine rings is 2. The van der Waals surface area contributed by atoms with Gasteiger partial charge in [-0.25, -0.2) is 23.1 Å². The summed E-state index contributed by atoms with van der Waals surface area (Å²) in [6.07, 6.45) is 5.70. The zero-order valence-electron chi connectivity index (χ0n) is 38.9. The zero-order valence-corrected chi connectivity index (χ0v) is 40.4. The zero-order chi connectivity index (χ0) is 49.8. The molecule has 8 aromatic rings. The molecule has 4 aromatic heterocycles. The summed E-state index contributed by atoms with van der Waals surface area (Å²) in [5.74, 6) is -1.67. The number of H-pyrrole nitrogens is 2. The van der Waals surface area contributed by atoms with E-state index < -0.39 is 17.5 Å². The standard InChI is InChI=1S/C50H46Cl2F3N13O3/c1-6-37(69)68-16-15-67(24-28(68)4)48-31-20-33(51)39(38-26(2)7-10-36-32(38)22-59-62-36)43(55)46(31)60-50(61-48)71-18-17-64(5)23-27(3)49(70)66-13-11-65(12-14-66)47-30-19-34(52)40(42(54)45(30)56-25-57-47)41-35(53)9-8-29-21-58-63-44(29)41/h6-10,19-22,25,28H,1,3,11-18,23-24H2,2,4-5H3,(H,58,63)(H,59,62). The SMILES string of the molecule is C=CC(=O)N1CCN(c2nc(OCCN(C)CC(=C)C(=O)N3CCN(c4ncnc5c(F)c(-c6c(F)ccc7cn[nH]c67)c(Cl)cc45)CC3)nc3c(F)c(-c4c(C)ccc5[nH]ncc45)c(Cl)cc23)CC1C. The molecule has 364 valence electrons. The summed E-state index contributed by atoms with van der Waals surface area (Å²) in [5.41, 5.74) is 2.75. The number of nitrogens with zero attached hydrogens (tertiary/aromatic N) is 11. The van der Waals surface area contributed by atoms with Gasteiger partial charge >= 0.3 is 6.01 Å². The van der Waals surface area contributed by atoms with Crippen LogP contribution < -0.4 is 14.5 Å². The number of ether oxygens (including phenoxy) is 1. The topological polar surface area (TPSA) is 168 Å². The van der Waals surface area contributed by atoms with Crippen LogP contribution in [0, 0.1) is 24.4 Å². The molecule has 2 N–H and O–H groups in total. The molecule has 2 aliphatic rings. The number of aromatic amines is 2. The summed E-state index contributed by atoms with van der Waals surface area (Å²) in [6.45, 7) is 14.8. The van der Waals surface area contributed by atoms with Gasteiger partial charge in [0.05, 0.1) is 33.5 Å². The van der Waals surface area contributed by atoms with E-state index in [2.05, 4.69) is 48.5 Å². The highest BCUT2D eigenvalue weighted by molar-refractivity contribution is 6.35. The van der Waals surface area contributed by atoms with Crippen LogP contribution >= 0.6 is 23.2 Å². The molecule has 16 nitrogen and oxygen atoms in total. The summed E-state index contributed by atoms with van der Waals surface area (Å²) in [5, 5.41) is 16.0. The van der Waals surface area contributed by atoms with Crippen LogP contribution in [0.5, 0.6) is 6.01 Å². The molecule has 71 heavy (non-hydrogen) atoms. The van der Waals surface area contributed by atoms with E-state index in [9.17, 15) is 9.59 Å². The van der Waals surface area contributed by atoms with Gasteiger partial charge in [-0.15, -0.1) is 0 Å². The maximum absolute atomic E-state index is 17.1. The number of fused-ring (bicyclic) bond motifs is 4. The monoisotopic (exact) mass is 1000 g/mol. The lowest BCUT2D eigenvalue weighted by Gasteiger charge is -2.40. The Kier molecular flexibility index (Phi) is 12.7. The number of anilines is 2. The molecule has 2 saturated heterocycles. The Morgan fingerprint density at radius 2 is 1.55 bits per heavy atom. The third kappa shape index (κ3) is 8.60. The fourth-order valence-electron chi connectivity index (χ4n) is 9.69. The van der Waals surface area contributed by atoms with E-state index in [-0.39, 0.29) is 74.8 Å². The van der Waals surface area contributed by atoms with Crippen molar-refractivity contribution in [2.75, 3.05) is 82.4 Å². The van der Waals surface area contributed by atoms with E-state index >= 15 is 13.2 Å². The first kappa shape index (κ1) is 47.3. The van der Waals surface area contributed by atoms with Crippen LogP contribution in [-0.4, -0.2) is 145 Å². The highest BCUT2D eigenvalue weighted by Crippen LogP contribution is 2.44. The van der Waals surface area contributed by atoms with Crippen molar-refractivity contribution in [3.8, 4) is 28.3 Å². The number of benzene rings is 4. The summed E-state index contributed by atoms with van der Waals surface area (Å²) in [4.78, 5) is 53.6. The number of nitrogens with one attached hydrogen (secondary N) is 2. The van der Waals surface area contributed by atoms with Crippen LogP contribution in [0.25, 0.3) is 65.9 Å². The highest BCUT2D eigenvalue weighted by Gasteiger charge is 2.32. The minimum Gasteiger partial charge on any atom is -0.462 e. The van der Waals surface area contributed by atoms with E-state index in [4.69, 9.17) is 32.9 Å². The number of amides is 2. The Bertz CT molecular complexity index is 3470. The van der Waals surface area contributed by atoms with Crippen molar-refractivity contribution in [1.82, 2.24) is 55.0 Å². The molecule has 10 rings (SSSR count). The fourth-order valence-corrected chi connectivity index (χ4v) is 10.3. The van der Waals surface area contributed by atoms with Crippen molar-refractivity contribution in [3.05, 3.63) is 113 Å². The van der Waals surface area contributed by atoms with Gasteiger partial charge in [-0.3, -0.25) is 24.7 Å². The molecule has 0 aliphatic carbocycles. The molecule has 6 heterocycles. The Hall–Kier alpha value is -7.35. The van der Waals surface area contributed by atoms with Crippen molar-refractivity contribution in [2.45, 2.75) is 19.9 Å². The normalized spacial score (nSPS) is 15.5. The van der Waals surface area contributed by atoms with Gasteiger partial charge in [0, 0.05) is 114 Å². The second-order valence-corrected chi connectivity index (χ2v) is 18.6. The number of hydrogen-bond acceptors (Lipinski definition) is 12. The molecular weight excluding hydrogens is 959 g/mol. The molecule has 0 bridgehead atoms. The molecular formula is C50H46Cl2F3N13O3. The van der Waals surface area contributed by atoms with E-state index in [1.807, 2.05) is 47.7 Å². The van der Waals surface area contributed by atoms with E-state index in [0.29, 0.717) is 102 Å². The van der Waals surface area contributed by atoms with Crippen LogP contribution in [0.3, 0.4) is 0 Å². The Morgan fingerprint density at radius 1 is 0.845 bits per heavy atom. The van der Waals surface area contributed by atoms with Gasteiger partial charge in [0.25, 0.3) is 5.91 Å². The smallest absolute Gasteiger partial charge is 0.319 e. The van der Waals surface area contributed by atoms with Gasteiger partial charge in [-0.05, 0) is 62.9 Å². The molecule has 0 spiro atoms.